The van der Waals surface area contributed by atoms with Crippen molar-refractivity contribution >= 4 is 5.69 Å². The van der Waals surface area contributed by atoms with Crippen LogP contribution < -0.4 is 10.6 Å². The SMILES string of the molecule is CN1CCCN(c2ccc(CN)cc2F)CC1. The van der Waals surface area contributed by atoms with Crippen LogP contribution >= 0.6 is 0 Å². The van der Waals surface area contributed by atoms with Crippen LogP contribution in [0.3, 0.4) is 0 Å². The van der Waals surface area contributed by atoms with Crippen LogP contribution in [0.1, 0.15) is 12.0 Å². The minimum absolute atomic E-state index is 0.155. The minimum atomic E-state index is -0.155. The Bertz CT molecular complexity index is 381. The van der Waals surface area contributed by atoms with E-state index in [1.54, 1.807) is 6.07 Å². The molecule has 17 heavy (non-hydrogen) atoms. The van der Waals surface area contributed by atoms with Crippen molar-refractivity contribution in [1.82, 2.24) is 4.90 Å². The van der Waals surface area contributed by atoms with E-state index in [9.17, 15) is 4.39 Å². The van der Waals surface area contributed by atoms with Gasteiger partial charge in [-0.05, 0) is 37.7 Å². The molecule has 1 saturated heterocycles. The molecule has 1 aliphatic rings. The molecule has 1 aliphatic heterocycles. The summed E-state index contributed by atoms with van der Waals surface area (Å²) in [4.78, 5) is 4.41. The van der Waals surface area contributed by atoms with E-state index >= 15 is 0 Å². The highest BCUT2D eigenvalue weighted by Crippen LogP contribution is 2.21. The number of hydrogen-bond donors (Lipinski definition) is 1. The largest absolute Gasteiger partial charge is 0.368 e. The Morgan fingerprint density at radius 3 is 2.76 bits per heavy atom. The van der Waals surface area contributed by atoms with Gasteiger partial charge in [-0.25, -0.2) is 4.39 Å². The molecule has 2 rings (SSSR count). The second kappa shape index (κ2) is 5.47. The molecule has 3 nitrogen and oxygen atoms in total. The van der Waals surface area contributed by atoms with Crippen molar-refractivity contribution < 1.29 is 4.39 Å². The minimum Gasteiger partial charge on any atom is -0.368 e. The van der Waals surface area contributed by atoms with Gasteiger partial charge in [0.2, 0.25) is 0 Å². The van der Waals surface area contributed by atoms with Crippen LogP contribution in [0, 0.1) is 5.82 Å². The summed E-state index contributed by atoms with van der Waals surface area (Å²) in [6.45, 7) is 4.26. The van der Waals surface area contributed by atoms with Crippen molar-refractivity contribution in [2.45, 2.75) is 13.0 Å². The number of nitrogens with two attached hydrogens (primary N) is 1. The van der Waals surface area contributed by atoms with Gasteiger partial charge < -0.3 is 15.5 Å². The molecule has 1 fully saturated rings. The smallest absolute Gasteiger partial charge is 0.146 e. The molecular weight excluding hydrogens is 217 g/mol. The molecule has 2 N–H and O–H groups in total. The molecule has 0 saturated carbocycles. The van der Waals surface area contributed by atoms with Crippen molar-refractivity contribution in [2.24, 2.45) is 5.73 Å². The third kappa shape index (κ3) is 2.96. The Morgan fingerprint density at radius 2 is 2.06 bits per heavy atom. The summed E-state index contributed by atoms with van der Waals surface area (Å²) in [5, 5.41) is 0. The molecule has 94 valence electrons. The van der Waals surface area contributed by atoms with Gasteiger partial charge in [0.1, 0.15) is 5.82 Å². The number of hydrogen-bond acceptors (Lipinski definition) is 3. The summed E-state index contributed by atoms with van der Waals surface area (Å²) in [6, 6.07) is 5.31. The van der Waals surface area contributed by atoms with E-state index in [1.807, 2.05) is 12.1 Å². The van der Waals surface area contributed by atoms with Crippen molar-refractivity contribution in [1.29, 1.82) is 0 Å². The summed E-state index contributed by atoms with van der Waals surface area (Å²) in [5.41, 5.74) is 7.06. The quantitative estimate of drug-likeness (QED) is 0.844. The van der Waals surface area contributed by atoms with Crippen LogP contribution in [0.25, 0.3) is 0 Å². The molecule has 1 heterocycles. The normalized spacial score (nSPS) is 18.2. The van der Waals surface area contributed by atoms with Gasteiger partial charge in [-0.1, -0.05) is 6.07 Å². The van der Waals surface area contributed by atoms with Gasteiger partial charge in [-0.15, -0.1) is 0 Å². The average molecular weight is 237 g/mol. The van der Waals surface area contributed by atoms with E-state index in [-0.39, 0.29) is 5.82 Å². The zero-order valence-corrected chi connectivity index (χ0v) is 10.3. The lowest BCUT2D eigenvalue weighted by Crippen LogP contribution is -2.29. The molecule has 0 radical (unpaired) electrons. The van der Waals surface area contributed by atoms with Gasteiger partial charge in [0, 0.05) is 26.2 Å². The molecule has 1 aromatic rings. The van der Waals surface area contributed by atoms with Crippen LogP contribution in [0.4, 0.5) is 10.1 Å². The standard InChI is InChI=1S/C13H20FN3/c1-16-5-2-6-17(8-7-16)13-4-3-11(10-15)9-12(13)14/h3-4,9H,2,5-8,10,15H2,1H3. The Hall–Kier alpha value is -1.13. The fourth-order valence-electron chi connectivity index (χ4n) is 2.22. The van der Waals surface area contributed by atoms with Crippen LogP contribution in [0.15, 0.2) is 18.2 Å². The molecule has 0 bridgehead atoms. The van der Waals surface area contributed by atoms with Crippen molar-refractivity contribution in [3.63, 3.8) is 0 Å². The van der Waals surface area contributed by atoms with Gasteiger partial charge in [-0.2, -0.15) is 0 Å². The Morgan fingerprint density at radius 1 is 1.24 bits per heavy atom. The zero-order chi connectivity index (χ0) is 12.3. The first kappa shape index (κ1) is 12.3. The molecular formula is C13H20FN3. The van der Waals surface area contributed by atoms with E-state index in [1.165, 1.54) is 0 Å². The number of halogens is 1. The van der Waals surface area contributed by atoms with Crippen LogP contribution in [-0.4, -0.2) is 38.1 Å². The van der Waals surface area contributed by atoms with Gasteiger partial charge in [0.15, 0.2) is 0 Å². The van der Waals surface area contributed by atoms with Crippen molar-refractivity contribution in [3.8, 4) is 0 Å². The maximum atomic E-state index is 13.9. The molecule has 0 amide bonds. The fourth-order valence-corrected chi connectivity index (χ4v) is 2.22. The van der Waals surface area contributed by atoms with E-state index in [0.29, 0.717) is 12.2 Å². The summed E-state index contributed by atoms with van der Waals surface area (Å²) in [5.74, 6) is -0.155. The van der Waals surface area contributed by atoms with E-state index < -0.39 is 0 Å². The number of benzene rings is 1. The maximum absolute atomic E-state index is 13.9. The first-order valence-electron chi connectivity index (χ1n) is 6.12. The number of anilines is 1. The predicted octanol–water partition coefficient (Wildman–Crippen LogP) is 1.43. The summed E-state index contributed by atoms with van der Waals surface area (Å²) >= 11 is 0. The first-order chi connectivity index (χ1) is 8.20. The Labute approximate surface area is 102 Å². The lowest BCUT2D eigenvalue weighted by molar-refractivity contribution is 0.360. The van der Waals surface area contributed by atoms with Gasteiger partial charge >= 0.3 is 0 Å². The van der Waals surface area contributed by atoms with Crippen molar-refractivity contribution in [2.75, 3.05) is 38.1 Å². The topological polar surface area (TPSA) is 32.5 Å². The highest BCUT2D eigenvalue weighted by Gasteiger charge is 2.15. The molecule has 0 aliphatic carbocycles. The van der Waals surface area contributed by atoms with E-state index in [4.69, 9.17) is 5.73 Å². The fraction of sp³-hybridized carbons (Fsp3) is 0.538. The van der Waals surface area contributed by atoms with Gasteiger partial charge in [0.25, 0.3) is 0 Å². The second-order valence-corrected chi connectivity index (χ2v) is 4.63. The molecule has 0 aromatic heterocycles. The van der Waals surface area contributed by atoms with Gasteiger partial charge in [-0.3, -0.25) is 0 Å². The van der Waals surface area contributed by atoms with Crippen LogP contribution in [0.5, 0.6) is 0 Å². The molecule has 1 aromatic carbocycles. The van der Waals surface area contributed by atoms with Gasteiger partial charge in [0.05, 0.1) is 5.69 Å². The highest BCUT2D eigenvalue weighted by atomic mass is 19.1. The lowest BCUT2D eigenvalue weighted by atomic mass is 10.2. The second-order valence-electron chi connectivity index (χ2n) is 4.63. The number of rotatable bonds is 2. The third-order valence-corrected chi connectivity index (χ3v) is 3.31. The number of nitrogens with zero attached hydrogens (tertiary/aromatic N) is 2. The Kier molecular flexibility index (Phi) is 3.97. The molecule has 4 heteroatoms. The summed E-state index contributed by atoms with van der Waals surface area (Å²) < 4.78 is 13.9. The zero-order valence-electron chi connectivity index (χ0n) is 10.3. The highest BCUT2D eigenvalue weighted by molar-refractivity contribution is 5.49. The van der Waals surface area contributed by atoms with Crippen LogP contribution in [0.2, 0.25) is 0 Å². The molecule has 0 atom stereocenters. The third-order valence-electron chi connectivity index (χ3n) is 3.31. The molecule has 0 spiro atoms. The predicted molar refractivity (Wildman–Crippen MR) is 68.6 cm³/mol. The maximum Gasteiger partial charge on any atom is 0.146 e. The summed E-state index contributed by atoms with van der Waals surface area (Å²) in [7, 11) is 2.11. The Balaban J connectivity index is 2.15. The lowest BCUT2D eigenvalue weighted by Gasteiger charge is -2.23. The first-order valence-corrected chi connectivity index (χ1v) is 6.12. The van der Waals surface area contributed by atoms with E-state index in [2.05, 4.69) is 16.8 Å². The van der Waals surface area contributed by atoms with E-state index in [0.717, 1.165) is 38.2 Å². The van der Waals surface area contributed by atoms with Crippen LogP contribution in [-0.2, 0) is 6.54 Å². The average Bonchev–Trinajstić information content (AvgIpc) is 2.54. The summed E-state index contributed by atoms with van der Waals surface area (Å²) in [6.07, 6.45) is 1.08. The monoisotopic (exact) mass is 237 g/mol. The number of likely N-dealkylation sites (N-methyl/N-ethyl adjacent to an activating group) is 1. The molecule has 0 unspecified atom stereocenters. The van der Waals surface area contributed by atoms with Crippen molar-refractivity contribution in [3.05, 3.63) is 29.6 Å².